The molecule has 0 aromatic heterocycles. The number of carbonyl (C=O) groups excluding carboxylic acids is 1. The van der Waals surface area contributed by atoms with Gasteiger partial charge in [-0.3, -0.25) is 4.79 Å². The Bertz CT molecular complexity index is 350. The van der Waals surface area contributed by atoms with Gasteiger partial charge in [-0.05, 0) is 34.5 Å². The van der Waals surface area contributed by atoms with Crippen LogP contribution in [0.4, 0.5) is 4.39 Å². The van der Waals surface area contributed by atoms with Crippen molar-refractivity contribution in [1.29, 1.82) is 0 Å². The molecule has 0 aliphatic heterocycles. The summed E-state index contributed by atoms with van der Waals surface area (Å²) in [7, 11) is 1.41. The summed E-state index contributed by atoms with van der Waals surface area (Å²) in [6.45, 7) is 1.75. The lowest BCUT2D eigenvalue weighted by Gasteiger charge is -2.09. The molecule has 4 heteroatoms. The SMILES string of the molecule is COc1c(C)cc(Br)c(F)c1C=O. The van der Waals surface area contributed by atoms with E-state index in [4.69, 9.17) is 4.74 Å². The third-order valence-corrected chi connectivity index (χ3v) is 2.29. The molecular formula is C9H8BrFO2. The first-order valence-corrected chi connectivity index (χ1v) is 4.39. The van der Waals surface area contributed by atoms with Gasteiger partial charge < -0.3 is 4.74 Å². The summed E-state index contributed by atoms with van der Waals surface area (Å²) in [5.74, 6) is -0.298. The molecule has 0 saturated heterocycles. The molecule has 13 heavy (non-hydrogen) atoms. The average molecular weight is 247 g/mol. The molecule has 0 spiro atoms. The second-order valence-electron chi connectivity index (χ2n) is 2.55. The van der Waals surface area contributed by atoms with E-state index in [1.54, 1.807) is 13.0 Å². The zero-order valence-electron chi connectivity index (χ0n) is 7.23. The highest BCUT2D eigenvalue weighted by molar-refractivity contribution is 9.10. The Morgan fingerprint density at radius 3 is 2.69 bits per heavy atom. The van der Waals surface area contributed by atoms with Gasteiger partial charge in [0.2, 0.25) is 0 Å². The zero-order chi connectivity index (χ0) is 10.0. The van der Waals surface area contributed by atoms with E-state index in [-0.39, 0.29) is 15.8 Å². The van der Waals surface area contributed by atoms with Gasteiger partial charge in [0.1, 0.15) is 5.75 Å². The number of methoxy groups -OCH3 is 1. The van der Waals surface area contributed by atoms with E-state index in [0.717, 1.165) is 5.56 Å². The van der Waals surface area contributed by atoms with E-state index in [2.05, 4.69) is 15.9 Å². The summed E-state index contributed by atoms with van der Waals surface area (Å²) < 4.78 is 18.5. The summed E-state index contributed by atoms with van der Waals surface area (Å²) in [6.07, 6.45) is 0.450. The number of carbonyl (C=O) groups is 1. The third kappa shape index (κ3) is 1.72. The molecule has 0 amide bonds. The van der Waals surface area contributed by atoms with Crippen molar-refractivity contribution in [3.05, 3.63) is 27.5 Å². The second-order valence-corrected chi connectivity index (χ2v) is 3.41. The molecule has 0 unspecified atom stereocenters. The van der Waals surface area contributed by atoms with Crippen molar-refractivity contribution >= 4 is 22.2 Å². The molecule has 0 fully saturated rings. The summed E-state index contributed by atoms with van der Waals surface area (Å²) >= 11 is 3.01. The predicted octanol–water partition coefficient (Wildman–Crippen LogP) is 2.72. The van der Waals surface area contributed by atoms with Gasteiger partial charge in [-0.1, -0.05) is 0 Å². The Morgan fingerprint density at radius 1 is 1.62 bits per heavy atom. The van der Waals surface area contributed by atoms with Crippen molar-refractivity contribution in [2.24, 2.45) is 0 Å². The molecule has 0 saturated carbocycles. The van der Waals surface area contributed by atoms with Crippen LogP contribution in [0.3, 0.4) is 0 Å². The van der Waals surface area contributed by atoms with Crippen LogP contribution in [0, 0.1) is 12.7 Å². The Hall–Kier alpha value is -0.900. The Labute approximate surface area is 83.8 Å². The van der Waals surface area contributed by atoms with Crippen molar-refractivity contribution in [1.82, 2.24) is 0 Å². The number of ether oxygens (including phenoxy) is 1. The van der Waals surface area contributed by atoms with Gasteiger partial charge in [-0.25, -0.2) is 4.39 Å². The Morgan fingerprint density at radius 2 is 2.23 bits per heavy atom. The molecule has 0 aliphatic rings. The van der Waals surface area contributed by atoms with Crippen LogP contribution in [-0.2, 0) is 0 Å². The molecule has 2 nitrogen and oxygen atoms in total. The predicted molar refractivity (Wildman–Crippen MR) is 50.8 cm³/mol. The average Bonchev–Trinajstić information content (AvgIpc) is 2.10. The highest BCUT2D eigenvalue weighted by Crippen LogP contribution is 2.29. The monoisotopic (exact) mass is 246 g/mol. The van der Waals surface area contributed by atoms with E-state index in [0.29, 0.717) is 6.29 Å². The molecule has 1 rings (SSSR count). The van der Waals surface area contributed by atoms with Crippen LogP contribution in [0.25, 0.3) is 0 Å². The number of rotatable bonds is 2. The normalized spacial score (nSPS) is 9.85. The van der Waals surface area contributed by atoms with Crippen molar-refractivity contribution in [2.45, 2.75) is 6.92 Å². The van der Waals surface area contributed by atoms with Gasteiger partial charge in [0.15, 0.2) is 12.1 Å². The highest BCUT2D eigenvalue weighted by atomic mass is 79.9. The molecule has 0 aliphatic carbocycles. The van der Waals surface area contributed by atoms with Gasteiger partial charge in [-0.15, -0.1) is 0 Å². The molecule has 0 bridgehead atoms. The fourth-order valence-electron chi connectivity index (χ4n) is 1.14. The molecule has 0 heterocycles. The van der Waals surface area contributed by atoms with Crippen molar-refractivity contribution in [2.75, 3.05) is 7.11 Å². The van der Waals surface area contributed by atoms with Gasteiger partial charge in [0, 0.05) is 0 Å². The van der Waals surface area contributed by atoms with E-state index >= 15 is 0 Å². The van der Waals surface area contributed by atoms with Gasteiger partial charge in [-0.2, -0.15) is 0 Å². The number of aryl methyl sites for hydroxylation is 1. The van der Waals surface area contributed by atoms with Crippen LogP contribution in [0.2, 0.25) is 0 Å². The summed E-state index contributed by atoms with van der Waals surface area (Å²) in [4.78, 5) is 10.6. The minimum absolute atomic E-state index is 0.0469. The standard InChI is InChI=1S/C9H8BrFO2/c1-5-3-7(10)8(11)6(4-12)9(5)13-2/h3-4H,1-2H3. The molecule has 70 valence electrons. The number of benzene rings is 1. The van der Waals surface area contributed by atoms with Gasteiger partial charge in [0.05, 0.1) is 17.1 Å². The lowest BCUT2D eigenvalue weighted by molar-refractivity contribution is 0.111. The molecule has 0 radical (unpaired) electrons. The van der Waals surface area contributed by atoms with Crippen LogP contribution in [0.1, 0.15) is 15.9 Å². The first-order valence-electron chi connectivity index (χ1n) is 3.59. The quantitative estimate of drug-likeness (QED) is 0.751. The van der Waals surface area contributed by atoms with Crippen LogP contribution in [0.5, 0.6) is 5.75 Å². The van der Waals surface area contributed by atoms with Crippen LogP contribution in [-0.4, -0.2) is 13.4 Å². The highest BCUT2D eigenvalue weighted by Gasteiger charge is 2.14. The Balaban J connectivity index is 3.50. The van der Waals surface area contributed by atoms with Crippen LogP contribution < -0.4 is 4.74 Å². The second kappa shape index (κ2) is 3.87. The third-order valence-electron chi connectivity index (χ3n) is 1.71. The summed E-state index contributed by atoms with van der Waals surface area (Å²) in [5.41, 5.74) is 0.673. The van der Waals surface area contributed by atoms with E-state index in [9.17, 15) is 9.18 Å². The maximum Gasteiger partial charge on any atom is 0.156 e. The molecule has 1 aromatic rings. The first kappa shape index (κ1) is 10.2. The zero-order valence-corrected chi connectivity index (χ0v) is 8.81. The minimum Gasteiger partial charge on any atom is -0.496 e. The number of hydrogen-bond donors (Lipinski definition) is 0. The molecule has 0 N–H and O–H groups in total. The lowest BCUT2D eigenvalue weighted by Crippen LogP contribution is -1.98. The molecule has 0 atom stereocenters. The number of hydrogen-bond acceptors (Lipinski definition) is 2. The minimum atomic E-state index is -0.586. The fourth-order valence-corrected chi connectivity index (χ4v) is 1.69. The van der Waals surface area contributed by atoms with E-state index < -0.39 is 5.82 Å². The maximum absolute atomic E-state index is 13.3. The lowest BCUT2D eigenvalue weighted by atomic mass is 10.1. The number of aldehydes is 1. The number of halogens is 2. The van der Waals surface area contributed by atoms with Crippen LogP contribution in [0.15, 0.2) is 10.5 Å². The largest absolute Gasteiger partial charge is 0.496 e. The van der Waals surface area contributed by atoms with Crippen LogP contribution >= 0.6 is 15.9 Å². The van der Waals surface area contributed by atoms with Crippen molar-refractivity contribution in [3.63, 3.8) is 0 Å². The van der Waals surface area contributed by atoms with E-state index in [1.165, 1.54) is 7.11 Å². The van der Waals surface area contributed by atoms with E-state index in [1.807, 2.05) is 0 Å². The smallest absolute Gasteiger partial charge is 0.156 e. The molecule has 1 aromatic carbocycles. The van der Waals surface area contributed by atoms with Crippen molar-refractivity contribution < 1.29 is 13.9 Å². The van der Waals surface area contributed by atoms with Crippen molar-refractivity contribution in [3.8, 4) is 5.75 Å². The Kier molecular flexibility index (Phi) is 3.03. The topological polar surface area (TPSA) is 26.3 Å². The summed E-state index contributed by atoms with van der Waals surface area (Å²) in [6, 6.07) is 1.57. The summed E-state index contributed by atoms with van der Waals surface area (Å²) in [5, 5.41) is 0. The fraction of sp³-hybridized carbons (Fsp3) is 0.222. The van der Waals surface area contributed by atoms with Gasteiger partial charge in [0.25, 0.3) is 0 Å². The van der Waals surface area contributed by atoms with Gasteiger partial charge >= 0.3 is 0 Å². The maximum atomic E-state index is 13.3. The molecular weight excluding hydrogens is 239 g/mol. The first-order chi connectivity index (χ1) is 6.11.